The molecule has 1 aromatic carbocycles. The highest BCUT2D eigenvalue weighted by atomic mass is 16.2. The molecule has 21 heavy (non-hydrogen) atoms. The van der Waals surface area contributed by atoms with Gasteiger partial charge in [-0.25, -0.2) is 10.1 Å². The number of nitrogens with one attached hydrogen (secondary N) is 1. The molecule has 1 aliphatic heterocycles. The number of carbonyl (C=O) groups is 1. The lowest BCUT2D eigenvalue weighted by Gasteiger charge is -2.22. The molecule has 0 saturated carbocycles. The fourth-order valence-corrected chi connectivity index (χ4v) is 2.34. The molecule has 3 rings (SSSR count). The minimum absolute atomic E-state index is 0.122. The zero-order valence-electron chi connectivity index (χ0n) is 12.0. The van der Waals surface area contributed by atoms with Crippen LogP contribution in [0.25, 0.3) is 11.0 Å². The molecule has 1 saturated heterocycles. The summed E-state index contributed by atoms with van der Waals surface area (Å²) in [6.07, 6.45) is 1.81. The molecule has 0 unspecified atom stereocenters. The molecule has 0 aliphatic carbocycles. The van der Waals surface area contributed by atoms with E-state index >= 15 is 0 Å². The Morgan fingerprint density at radius 1 is 1.33 bits per heavy atom. The molecular weight excluding hydrogens is 268 g/mol. The van der Waals surface area contributed by atoms with Crippen molar-refractivity contribution in [3.8, 4) is 0 Å². The highest BCUT2D eigenvalue weighted by Gasteiger charge is 2.12. The van der Waals surface area contributed by atoms with E-state index in [-0.39, 0.29) is 12.5 Å². The molecule has 1 N–H and O–H groups in total. The summed E-state index contributed by atoms with van der Waals surface area (Å²) in [5, 5.41) is 12.2. The van der Waals surface area contributed by atoms with Crippen LogP contribution >= 0.6 is 0 Å². The van der Waals surface area contributed by atoms with Crippen molar-refractivity contribution < 1.29 is 4.79 Å². The van der Waals surface area contributed by atoms with Crippen LogP contribution in [0, 0.1) is 0 Å². The van der Waals surface area contributed by atoms with Crippen molar-refractivity contribution in [1.29, 1.82) is 0 Å². The van der Waals surface area contributed by atoms with Gasteiger partial charge in [0.15, 0.2) is 0 Å². The van der Waals surface area contributed by atoms with Crippen LogP contribution in [0.1, 0.15) is 12.8 Å². The Morgan fingerprint density at radius 2 is 2.10 bits per heavy atom. The van der Waals surface area contributed by atoms with E-state index in [9.17, 15) is 4.79 Å². The summed E-state index contributed by atoms with van der Waals surface area (Å²) in [6.45, 7) is 2.10. The van der Waals surface area contributed by atoms with E-state index in [0.29, 0.717) is 0 Å². The number of amides is 1. The van der Waals surface area contributed by atoms with E-state index in [1.165, 1.54) is 0 Å². The molecule has 0 atom stereocenters. The molecule has 2 heterocycles. The van der Waals surface area contributed by atoms with Crippen molar-refractivity contribution in [2.24, 2.45) is 5.10 Å². The molecule has 1 amide bonds. The Morgan fingerprint density at radius 3 is 2.90 bits per heavy atom. The first-order valence-corrected chi connectivity index (χ1v) is 7.03. The number of carbonyl (C=O) groups excluding carboxylic acids is 1. The Balaban J connectivity index is 1.60. The first-order chi connectivity index (χ1) is 10.2. The number of rotatable bonds is 3. The van der Waals surface area contributed by atoms with Crippen LogP contribution in [0.5, 0.6) is 0 Å². The van der Waals surface area contributed by atoms with Crippen LogP contribution in [0.4, 0.5) is 0 Å². The van der Waals surface area contributed by atoms with Gasteiger partial charge < -0.3 is 4.90 Å². The Kier molecular flexibility index (Phi) is 3.92. The number of aromatic nitrogens is 3. The van der Waals surface area contributed by atoms with Gasteiger partial charge in [0, 0.05) is 31.6 Å². The molecule has 0 spiro atoms. The second-order valence-electron chi connectivity index (χ2n) is 5.25. The molecule has 110 valence electrons. The molecular formula is C14H18N6O. The number of likely N-dealkylation sites (tertiary alicyclic amines) is 1. The van der Waals surface area contributed by atoms with Gasteiger partial charge in [0.25, 0.3) is 5.91 Å². The van der Waals surface area contributed by atoms with Gasteiger partial charge in [-0.3, -0.25) is 4.79 Å². The lowest BCUT2D eigenvalue weighted by molar-refractivity contribution is -0.121. The van der Waals surface area contributed by atoms with E-state index in [2.05, 4.69) is 32.8 Å². The molecule has 2 aromatic rings. The lowest BCUT2D eigenvalue weighted by Crippen LogP contribution is -2.32. The Bertz CT molecular complexity index is 667. The van der Waals surface area contributed by atoms with Gasteiger partial charge in [-0.2, -0.15) is 5.10 Å². The van der Waals surface area contributed by atoms with E-state index in [1.54, 1.807) is 4.68 Å². The smallest absolute Gasteiger partial charge is 0.261 e. The van der Waals surface area contributed by atoms with Crippen LogP contribution < -0.4 is 5.43 Å². The highest BCUT2D eigenvalue weighted by molar-refractivity contribution is 5.87. The first-order valence-electron chi connectivity index (χ1n) is 7.03. The summed E-state index contributed by atoms with van der Waals surface area (Å²) in [5.41, 5.74) is 5.29. The molecule has 1 fully saturated rings. The SMILES string of the molecule is CN1CCC(=NNC(=O)Cn2nnc3ccccc32)CC1. The van der Waals surface area contributed by atoms with Crippen LogP contribution in [-0.4, -0.2) is 51.6 Å². The number of nitrogens with zero attached hydrogens (tertiary/aromatic N) is 5. The zero-order valence-corrected chi connectivity index (χ0v) is 12.0. The predicted octanol–water partition coefficient (Wildman–Crippen LogP) is 0.629. The van der Waals surface area contributed by atoms with Gasteiger partial charge in [-0.05, 0) is 19.2 Å². The average Bonchev–Trinajstić information content (AvgIpc) is 2.90. The lowest BCUT2D eigenvalue weighted by atomic mass is 10.1. The van der Waals surface area contributed by atoms with E-state index < -0.39 is 0 Å². The third-order valence-electron chi connectivity index (χ3n) is 3.62. The Hall–Kier alpha value is -2.28. The highest BCUT2D eigenvalue weighted by Crippen LogP contribution is 2.09. The third-order valence-corrected chi connectivity index (χ3v) is 3.62. The summed E-state index contributed by atoms with van der Waals surface area (Å²) in [5.74, 6) is -0.183. The molecule has 7 heteroatoms. The fourth-order valence-electron chi connectivity index (χ4n) is 2.34. The maximum Gasteiger partial charge on any atom is 0.261 e. The van der Waals surface area contributed by atoms with Crippen LogP contribution in [0.2, 0.25) is 0 Å². The predicted molar refractivity (Wildman–Crippen MR) is 79.8 cm³/mol. The van der Waals surface area contributed by atoms with Crippen molar-refractivity contribution in [2.75, 3.05) is 20.1 Å². The number of benzene rings is 1. The van der Waals surface area contributed by atoms with E-state index in [4.69, 9.17) is 0 Å². The van der Waals surface area contributed by atoms with E-state index in [1.807, 2.05) is 24.3 Å². The van der Waals surface area contributed by atoms with Crippen LogP contribution in [0.3, 0.4) is 0 Å². The standard InChI is InChI=1S/C14H18N6O/c1-19-8-6-11(7-9-19)15-17-14(21)10-20-13-5-3-2-4-12(13)16-18-20/h2-5H,6-10H2,1H3,(H,17,21). The number of hydrazone groups is 1. The maximum absolute atomic E-state index is 11.9. The number of hydrogen-bond acceptors (Lipinski definition) is 5. The third kappa shape index (κ3) is 3.25. The summed E-state index contributed by atoms with van der Waals surface area (Å²) in [4.78, 5) is 14.2. The largest absolute Gasteiger partial charge is 0.306 e. The Labute approximate surface area is 122 Å². The molecule has 1 aliphatic rings. The van der Waals surface area contributed by atoms with Gasteiger partial charge in [-0.1, -0.05) is 17.3 Å². The van der Waals surface area contributed by atoms with Crippen LogP contribution in [0.15, 0.2) is 29.4 Å². The molecule has 0 bridgehead atoms. The van der Waals surface area contributed by atoms with Crippen molar-refractivity contribution in [3.63, 3.8) is 0 Å². The second kappa shape index (κ2) is 6.01. The van der Waals surface area contributed by atoms with Crippen molar-refractivity contribution in [3.05, 3.63) is 24.3 Å². The summed E-state index contributed by atoms with van der Waals surface area (Å²) in [7, 11) is 2.09. The maximum atomic E-state index is 11.9. The van der Waals surface area contributed by atoms with Gasteiger partial charge in [0.1, 0.15) is 12.1 Å². The van der Waals surface area contributed by atoms with Gasteiger partial charge in [0.05, 0.1) is 5.52 Å². The number of fused-ring (bicyclic) bond motifs is 1. The minimum atomic E-state index is -0.183. The van der Waals surface area contributed by atoms with E-state index in [0.717, 1.165) is 42.7 Å². The second-order valence-corrected chi connectivity index (χ2v) is 5.25. The molecule has 1 aromatic heterocycles. The fraction of sp³-hybridized carbons (Fsp3) is 0.429. The topological polar surface area (TPSA) is 75.4 Å². The van der Waals surface area contributed by atoms with Crippen molar-refractivity contribution in [2.45, 2.75) is 19.4 Å². The monoisotopic (exact) mass is 286 g/mol. The quantitative estimate of drug-likeness (QED) is 0.840. The summed E-state index contributed by atoms with van der Waals surface area (Å²) in [6, 6.07) is 7.56. The summed E-state index contributed by atoms with van der Waals surface area (Å²) >= 11 is 0. The van der Waals surface area contributed by atoms with Crippen molar-refractivity contribution in [1.82, 2.24) is 25.3 Å². The molecule has 7 nitrogen and oxygen atoms in total. The minimum Gasteiger partial charge on any atom is -0.306 e. The number of para-hydroxylation sites is 1. The van der Waals surface area contributed by atoms with Gasteiger partial charge in [0.2, 0.25) is 0 Å². The summed E-state index contributed by atoms with van der Waals surface area (Å²) < 4.78 is 1.58. The van der Waals surface area contributed by atoms with Crippen LogP contribution in [-0.2, 0) is 11.3 Å². The van der Waals surface area contributed by atoms with Gasteiger partial charge in [-0.15, -0.1) is 5.10 Å². The number of piperidine rings is 1. The average molecular weight is 286 g/mol. The number of hydrogen-bond donors (Lipinski definition) is 1. The van der Waals surface area contributed by atoms with Gasteiger partial charge >= 0.3 is 0 Å². The zero-order chi connectivity index (χ0) is 14.7. The molecule has 0 radical (unpaired) electrons. The first kappa shape index (κ1) is 13.7. The normalized spacial score (nSPS) is 16.1. The van der Waals surface area contributed by atoms with Crippen molar-refractivity contribution >= 4 is 22.7 Å².